The van der Waals surface area contributed by atoms with Gasteiger partial charge in [0.25, 0.3) is 5.91 Å². The summed E-state index contributed by atoms with van der Waals surface area (Å²) in [6.45, 7) is 2.70. The Labute approximate surface area is 180 Å². The topological polar surface area (TPSA) is 78.1 Å². The van der Waals surface area contributed by atoms with Crippen molar-refractivity contribution in [1.29, 1.82) is 5.26 Å². The normalized spacial score (nSPS) is 11.3. The Balaban J connectivity index is 1.73. The van der Waals surface area contributed by atoms with E-state index in [0.717, 1.165) is 22.2 Å². The minimum absolute atomic E-state index is 0.0128. The van der Waals surface area contributed by atoms with Crippen molar-refractivity contribution < 1.29 is 9.90 Å². The number of phenolic OH excluding ortho intramolecular Hbond substituents is 1. The number of aromatic hydroxyl groups is 1. The molecule has 4 aromatic rings. The van der Waals surface area contributed by atoms with Gasteiger partial charge in [0.15, 0.2) is 0 Å². The first-order valence-electron chi connectivity index (χ1n) is 9.91. The molecule has 0 aliphatic carbocycles. The Morgan fingerprint density at radius 1 is 1.03 bits per heavy atom. The first-order valence-corrected chi connectivity index (χ1v) is 9.91. The van der Waals surface area contributed by atoms with Crippen molar-refractivity contribution in [2.75, 3.05) is 5.32 Å². The van der Waals surface area contributed by atoms with Crippen LogP contribution in [0.15, 0.2) is 84.4 Å². The number of fused-ring (bicyclic) bond motifs is 1. The van der Waals surface area contributed by atoms with Gasteiger partial charge in [0, 0.05) is 34.4 Å². The Bertz CT molecular complexity index is 1310. The molecule has 1 heterocycles. The first-order chi connectivity index (χ1) is 15.1. The Kier molecular flexibility index (Phi) is 5.55. The van der Waals surface area contributed by atoms with Gasteiger partial charge in [-0.1, -0.05) is 48.5 Å². The lowest BCUT2D eigenvalue weighted by atomic mass is 10.1. The lowest BCUT2D eigenvalue weighted by Gasteiger charge is -2.09. The largest absolute Gasteiger partial charge is 0.508 e. The van der Waals surface area contributed by atoms with Crippen molar-refractivity contribution in [2.24, 2.45) is 0 Å². The number of carbonyl (C=O) groups excluding carboxylic acids is 1. The highest BCUT2D eigenvalue weighted by Crippen LogP contribution is 2.29. The van der Waals surface area contributed by atoms with E-state index in [2.05, 4.69) is 22.0 Å². The number of hydrogen-bond donors (Lipinski definition) is 2. The van der Waals surface area contributed by atoms with Crippen LogP contribution < -0.4 is 5.32 Å². The first kappa shape index (κ1) is 20.0. The molecule has 0 saturated carbocycles. The molecule has 1 aromatic heterocycles. The van der Waals surface area contributed by atoms with Gasteiger partial charge in [0.1, 0.15) is 17.4 Å². The molecule has 31 heavy (non-hydrogen) atoms. The molecular formula is C26H21N3O2. The fourth-order valence-electron chi connectivity index (χ4n) is 3.65. The van der Waals surface area contributed by atoms with Crippen LogP contribution in [0.4, 0.5) is 5.69 Å². The summed E-state index contributed by atoms with van der Waals surface area (Å²) in [5.74, 6) is -0.386. The zero-order valence-corrected chi connectivity index (χ0v) is 17.0. The SMILES string of the molecule is Cc1c(C=C(C#N)C(=O)Nc2ccc(O)cc2)c2ccccc2n1Cc1ccccc1. The van der Waals surface area contributed by atoms with Gasteiger partial charge in [-0.3, -0.25) is 4.79 Å². The number of phenols is 1. The van der Waals surface area contributed by atoms with E-state index in [9.17, 15) is 15.2 Å². The third-order valence-electron chi connectivity index (χ3n) is 5.24. The minimum atomic E-state index is -0.493. The molecular weight excluding hydrogens is 386 g/mol. The van der Waals surface area contributed by atoms with Crippen molar-refractivity contribution in [1.82, 2.24) is 4.57 Å². The highest BCUT2D eigenvalue weighted by Gasteiger charge is 2.16. The molecule has 3 aromatic carbocycles. The summed E-state index contributed by atoms with van der Waals surface area (Å²) >= 11 is 0. The molecule has 0 fully saturated rings. The number of nitrogens with zero attached hydrogens (tertiary/aromatic N) is 2. The van der Waals surface area contributed by atoms with E-state index in [1.54, 1.807) is 18.2 Å². The predicted molar refractivity (Wildman–Crippen MR) is 123 cm³/mol. The van der Waals surface area contributed by atoms with E-state index >= 15 is 0 Å². The van der Waals surface area contributed by atoms with E-state index < -0.39 is 5.91 Å². The molecule has 0 aliphatic heterocycles. The van der Waals surface area contributed by atoms with Crippen LogP contribution >= 0.6 is 0 Å². The minimum Gasteiger partial charge on any atom is -0.508 e. The monoisotopic (exact) mass is 407 g/mol. The Morgan fingerprint density at radius 2 is 1.71 bits per heavy atom. The highest BCUT2D eigenvalue weighted by molar-refractivity contribution is 6.11. The van der Waals surface area contributed by atoms with Gasteiger partial charge in [-0.15, -0.1) is 0 Å². The maximum absolute atomic E-state index is 12.7. The Hall–Kier alpha value is -4.30. The molecule has 0 saturated heterocycles. The molecule has 0 spiro atoms. The van der Waals surface area contributed by atoms with Crippen LogP contribution in [-0.4, -0.2) is 15.6 Å². The van der Waals surface area contributed by atoms with Crippen molar-refractivity contribution in [2.45, 2.75) is 13.5 Å². The van der Waals surface area contributed by atoms with Gasteiger partial charge >= 0.3 is 0 Å². The molecule has 4 rings (SSSR count). The average molecular weight is 407 g/mol. The van der Waals surface area contributed by atoms with Crippen LogP contribution in [0.5, 0.6) is 5.75 Å². The molecule has 0 unspecified atom stereocenters. The van der Waals surface area contributed by atoms with Crippen LogP contribution in [0.25, 0.3) is 17.0 Å². The third-order valence-corrected chi connectivity index (χ3v) is 5.24. The summed E-state index contributed by atoms with van der Waals surface area (Å²) in [6, 6.07) is 26.3. The fourth-order valence-corrected chi connectivity index (χ4v) is 3.65. The van der Waals surface area contributed by atoms with Crippen LogP contribution in [0, 0.1) is 18.3 Å². The molecule has 0 aliphatic rings. The van der Waals surface area contributed by atoms with Gasteiger partial charge in [-0.25, -0.2) is 0 Å². The predicted octanol–water partition coefficient (Wildman–Crippen LogP) is 5.25. The van der Waals surface area contributed by atoms with Crippen molar-refractivity contribution >= 4 is 28.6 Å². The van der Waals surface area contributed by atoms with Crippen LogP contribution in [0.1, 0.15) is 16.8 Å². The van der Waals surface area contributed by atoms with E-state index in [1.807, 2.05) is 55.5 Å². The second kappa shape index (κ2) is 8.60. The zero-order valence-electron chi connectivity index (χ0n) is 17.0. The number of para-hydroxylation sites is 1. The summed E-state index contributed by atoms with van der Waals surface area (Å²) in [5.41, 5.74) is 4.57. The van der Waals surface area contributed by atoms with Gasteiger partial charge in [-0.05, 0) is 48.9 Å². The van der Waals surface area contributed by atoms with Crippen LogP contribution in [0.2, 0.25) is 0 Å². The maximum Gasteiger partial charge on any atom is 0.266 e. The van der Waals surface area contributed by atoms with Crippen molar-refractivity contribution in [3.8, 4) is 11.8 Å². The number of amides is 1. The van der Waals surface area contributed by atoms with Crippen molar-refractivity contribution in [3.63, 3.8) is 0 Å². The third kappa shape index (κ3) is 4.19. The average Bonchev–Trinajstić information content (AvgIpc) is 3.05. The second-order valence-electron chi connectivity index (χ2n) is 7.26. The quantitative estimate of drug-likeness (QED) is 0.269. The number of aromatic nitrogens is 1. The number of rotatable bonds is 5. The Morgan fingerprint density at radius 3 is 2.42 bits per heavy atom. The smallest absolute Gasteiger partial charge is 0.266 e. The summed E-state index contributed by atoms with van der Waals surface area (Å²) in [5, 5.41) is 22.8. The van der Waals surface area contributed by atoms with E-state index in [0.29, 0.717) is 12.2 Å². The second-order valence-corrected chi connectivity index (χ2v) is 7.26. The maximum atomic E-state index is 12.7. The summed E-state index contributed by atoms with van der Waals surface area (Å²) < 4.78 is 2.20. The lowest BCUT2D eigenvalue weighted by molar-refractivity contribution is -0.112. The number of nitriles is 1. The molecule has 0 bridgehead atoms. The van der Waals surface area contributed by atoms with Gasteiger partial charge in [0.2, 0.25) is 0 Å². The fraction of sp³-hybridized carbons (Fsp3) is 0.0769. The van der Waals surface area contributed by atoms with Gasteiger partial charge in [-0.2, -0.15) is 5.26 Å². The molecule has 5 heteroatoms. The number of hydrogen-bond acceptors (Lipinski definition) is 3. The summed E-state index contributed by atoms with van der Waals surface area (Å²) in [7, 11) is 0. The molecule has 5 nitrogen and oxygen atoms in total. The summed E-state index contributed by atoms with van der Waals surface area (Å²) in [4.78, 5) is 12.7. The van der Waals surface area contributed by atoms with Crippen LogP contribution in [0.3, 0.4) is 0 Å². The van der Waals surface area contributed by atoms with E-state index in [-0.39, 0.29) is 11.3 Å². The van der Waals surface area contributed by atoms with E-state index in [4.69, 9.17) is 0 Å². The van der Waals surface area contributed by atoms with E-state index in [1.165, 1.54) is 17.7 Å². The number of anilines is 1. The van der Waals surface area contributed by atoms with Crippen LogP contribution in [-0.2, 0) is 11.3 Å². The van der Waals surface area contributed by atoms with Gasteiger partial charge in [0.05, 0.1) is 0 Å². The lowest BCUT2D eigenvalue weighted by Crippen LogP contribution is -2.13. The molecule has 1 amide bonds. The summed E-state index contributed by atoms with van der Waals surface area (Å²) in [6.07, 6.45) is 1.65. The number of benzene rings is 3. The standard InChI is InChI=1S/C26H21N3O2/c1-18-24(15-20(16-27)26(31)28-21-11-13-22(30)14-12-21)23-9-5-6-10-25(23)29(18)17-19-7-3-2-4-8-19/h2-15,30H,17H2,1H3,(H,28,31). The number of nitrogens with one attached hydrogen (secondary N) is 1. The zero-order chi connectivity index (χ0) is 21.8. The van der Waals surface area contributed by atoms with Gasteiger partial charge < -0.3 is 15.0 Å². The molecule has 0 atom stereocenters. The highest BCUT2D eigenvalue weighted by atomic mass is 16.3. The van der Waals surface area contributed by atoms with Crippen molar-refractivity contribution in [3.05, 3.63) is 101 Å². The molecule has 152 valence electrons. The molecule has 2 N–H and O–H groups in total. The molecule has 0 radical (unpaired) electrons. The number of carbonyl (C=O) groups is 1.